The van der Waals surface area contributed by atoms with E-state index in [-0.39, 0.29) is 6.04 Å². The zero-order valence-corrected chi connectivity index (χ0v) is 14.0. The highest BCUT2D eigenvalue weighted by Crippen LogP contribution is 2.30. The van der Waals surface area contributed by atoms with Crippen LogP contribution in [0.1, 0.15) is 50.2 Å². The molecule has 2 rings (SSSR count). The van der Waals surface area contributed by atoms with Crippen molar-refractivity contribution in [2.45, 2.75) is 46.2 Å². The highest BCUT2D eigenvalue weighted by molar-refractivity contribution is 6.31. The molecule has 116 valence electrons. The van der Waals surface area contributed by atoms with Gasteiger partial charge >= 0.3 is 0 Å². The van der Waals surface area contributed by atoms with Gasteiger partial charge in [-0.05, 0) is 19.4 Å². The first kappa shape index (κ1) is 16.0. The van der Waals surface area contributed by atoms with Crippen molar-refractivity contribution in [1.82, 2.24) is 24.9 Å². The van der Waals surface area contributed by atoms with Crippen LogP contribution in [0.5, 0.6) is 0 Å². The number of aryl methyl sites for hydroxylation is 3. The van der Waals surface area contributed by atoms with Crippen LogP contribution in [0.3, 0.4) is 0 Å². The number of nitrogens with one attached hydrogen (secondary N) is 1. The summed E-state index contributed by atoms with van der Waals surface area (Å²) in [4.78, 5) is 0. The average molecular weight is 310 g/mol. The van der Waals surface area contributed by atoms with Crippen molar-refractivity contribution >= 4 is 11.6 Å². The Bertz CT molecular complexity index is 587. The van der Waals surface area contributed by atoms with Gasteiger partial charge < -0.3 is 5.32 Å². The van der Waals surface area contributed by atoms with E-state index in [4.69, 9.17) is 11.6 Å². The number of hydrogen-bond donors (Lipinski definition) is 1. The zero-order valence-electron chi connectivity index (χ0n) is 13.2. The van der Waals surface area contributed by atoms with Crippen LogP contribution in [0, 0.1) is 0 Å². The molecular weight excluding hydrogens is 286 g/mol. The van der Waals surface area contributed by atoms with Gasteiger partial charge in [0, 0.05) is 25.4 Å². The van der Waals surface area contributed by atoms with Gasteiger partial charge in [0.1, 0.15) is 0 Å². The Morgan fingerprint density at radius 1 is 1.33 bits per heavy atom. The van der Waals surface area contributed by atoms with Gasteiger partial charge in [0.25, 0.3) is 0 Å². The SMILES string of the molecule is CCCn1ncc(Cl)c1C(NCC)c1cn(C)nc1CC. The maximum absolute atomic E-state index is 6.41. The van der Waals surface area contributed by atoms with E-state index >= 15 is 0 Å². The lowest BCUT2D eigenvalue weighted by atomic mass is 10.0. The normalized spacial score (nSPS) is 12.8. The molecule has 0 radical (unpaired) electrons. The molecule has 0 spiro atoms. The Kier molecular flexibility index (Phi) is 5.42. The molecule has 0 amide bonds. The van der Waals surface area contributed by atoms with Crippen molar-refractivity contribution in [3.63, 3.8) is 0 Å². The lowest BCUT2D eigenvalue weighted by Crippen LogP contribution is -2.26. The second-order valence-corrected chi connectivity index (χ2v) is 5.56. The maximum atomic E-state index is 6.41. The summed E-state index contributed by atoms with van der Waals surface area (Å²) in [5.41, 5.74) is 3.31. The van der Waals surface area contributed by atoms with E-state index in [0.717, 1.165) is 37.3 Å². The molecule has 2 aromatic heterocycles. The van der Waals surface area contributed by atoms with Crippen LogP contribution < -0.4 is 5.32 Å². The van der Waals surface area contributed by atoms with Crippen molar-refractivity contribution in [2.24, 2.45) is 7.05 Å². The van der Waals surface area contributed by atoms with Gasteiger partial charge in [0.05, 0.1) is 28.6 Å². The summed E-state index contributed by atoms with van der Waals surface area (Å²) in [6.45, 7) is 8.09. The molecule has 0 aliphatic carbocycles. The van der Waals surface area contributed by atoms with Crippen LogP contribution >= 0.6 is 11.6 Å². The first-order valence-electron chi connectivity index (χ1n) is 7.59. The minimum Gasteiger partial charge on any atom is -0.305 e. The minimum absolute atomic E-state index is 0.0280. The molecule has 0 saturated heterocycles. The molecule has 0 fully saturated rings. The van der Waals surface area contributed by atoms with Gasteiger partial charge in [-0.25, -0.2) is 0 Å². The van der Waals surface area contributed by atoms with Crippen molar-refractivity contribution in [3.05, 3.63) is 34.4 Å². The number of aromatic nitrogens is 4. The smallest absolute Gasteiger partial charge is 0.0837 e. The molecule has 0 aliphatic rings. The van der Waals surface area contributed by atoms with Crippen LogP contribution in [0.25, 0.3) is 0 Å². The third-order valence-electron chi connectivity index (χ3n) is 3.53. The Hall–Kier alpha value is -1.33. The standard InChI is InChI=1S/C15H24ClN5/c1-5-8-21-15(12(16)9-18-21)14(17-7-3)11-10-20(4)19-13(11)6-2/h9-10,14,17H,5-8H2,1-4H3. The van der Waals surface area contributed by atoms with Crippen molar-refractivity contribution in [1.29, 1.82) is 0 Å². The first-order valence-corrected chi connectivity index (χ1v) is 7.97. The molecule has 0 saturated carbocycles. The Morgan fingerprint density at radius 2 is 2.10 bits per heavy atom. The summed E-state index contributed by atoms with van der Waals surface area (Å²) in [5, 5.41) is 13.2. The molecule has 2 heterocycles. The summed E-state index contributed by atoms with van der Waals surface area (Å²) in [6, 6.07) is 0.0280. The van der Waals surface area contributed by atoms with Gasteiger partial charge in [0.2, 0.25) is 0 Å². The van der Waals surface area contributed by atoms with Crippen LogP contribution in [-0.2, 0) is 20.0 Å². The molecule has 6 heteroatoms. The topological polar surface area (TPSA) is 47.7 Å². The first-order chi connectivity index (χ1) is 10.1. The van der Waals surface area contributed by atoms with Crippen LogP contribution in [0.2, 0.25) is 5.02 Å². The average Bonchev–Trinajstić information content (AvgIpc) is 3.00. The molecule has 2 aromatic rings. The fourth-order valence-corrected chi connectivity index (χ4v) is 2.93. The van der Waals surface area contributed by atoms with Gasteiger partial charge in [-0.2, -0.15) is 10.2 Å². The van der Waals surface area contributed by atoms with Crippen LogP contribution in [0.4, 0.5) is 0 Å². The van der Waals surface area contributed by atoms with Crippen molar-refractivity contribution < 1.29 is 0 Å². The highest BCUT2D eigenvalue weighted by Gasteiger charge is 2.25. The zero-order chi connectivity index (χ0) is 15.4. The highest BCUT2D eigenvalue weighted by atomic mass is 35.5. The molecule has 0 bridgehead atoms. The Morgan fingerprint density at radius 3 is 2.71 bits per heavy atom. The van der Waals surface area contributed by atoms with Crippen molar-refractivity contribution in [2.75, 3.05) is 6.54 Å². The second kappa shape index (κ2) is 7.09. The third kappa shape index (κ3) is 3.30. The fourth-order valence-electron chi connectivity index (χ4n) is 2.68. The molecule has 0 aromatic carbocycles. The number of nitrogens with zero attached hydrogens (tertiary/aromatic N) is 4. The lowest BCUT2D eigenvalue weighted by Gasteiger charge is -2.20. The Labute approximate surface area is 131 Å². The van der Waals surface area contributed by atoms with E-state index in [1.807, 2.05) is 16.4 Å². The van der Waals surface area contributed by atoms with E-state index < -0.39 is 0 Å². The quantitative estimate of drug-likeness (QED) is 0.855. The van der Waals surface area contributed by atoms with Gasteiger partial charge in [-0.3, -0.25) is 9.36 Å². The van der Waals surface area contributed by atoms with Crippen LogP contribution in [0.15, 0.2) is 12.4 Å². The molecule has 5 nitrogen and oxygen atoms in total. The monoisotopic (exact) mass is 309 g/mol. The number of rotatable bonds is 7. The van der Waals surface area contributed by atoms with Gasteiger partial charge in [0.15, 0.2) is 0 Å². The fraction of sp³-hybridized carbons (Fsp3) is 0.600. The third-order valence-corrected chi connectivity index (χ3v) is 3.83. The molecule has 1 unspecified atom stereocenters. The number of hydrogen-bond acceptors (Lipinski definition) is 3. The largest absolute Gasteiger partial charge is 0.305 e. The van der Waals surface area contributed by atoms with E-state index in [1.54, 1.807) is 6.20 Å². The molecule has 21 heavy (non-hydrogen) atoms. The van der Waals surface area contributed by atoms with E-state index in [2.05, 4.69) is 42.5 Å². The van der Waals surface area contributed by atoms with Gasteiger partial charge in [-0.1, -0.05) is 32.4 Å². The Balaban J connectivity index is 2.50. The van der Waals surface area contributed by atoms with E-state index in [1.165, 1.54) is 5.56 Å². The minimum atomic E-state index is 0.0280. The summed E-state index contributed by atoms with van der Waals surface area (Å²) in [5.74, 6) is 0. The summed E-state index contributed by atoms with van der Waals surface area (Å²) < 4.78 is 3.87. The predicted molar refractivity (Wildman–Crippen MR) is 85.6 cm³/mol. The van der Waals surface area contributed by atoms with Gasteiger partial charge in [-0.15, -0.1) is 0 Å². The van der Waals surface area contributed by atoms with E-state index in [9.17, 15) is 0 Å². The molecule has 1 atom stereocenters. The summed E-state index contributed by atoms with van der Waals surface area (Å²) in [6.07, 6.45) is 5.74. The lowest BCUT2D eigenvalue weighted by molar-refractivity contribution is 0.519. The van der Waals surface area contributed by atoms with Crippen molar-refractivity contribution in [3.8, 4) is 0 Å². The molecule has 0 aliphatic heterocycles. The molecular formula is C15H24ClN5. The van der Waals surface area contributed by atoms with E-state index in [0.29, 0.717) is 5.02 Å². The maximum Gasteiger partial charge on any atom is 0.0837 e. The predicted octanol–water partition coefficient (Wildman–Crippen LogP) is 2.94. The number of halogens is 1. The molecule has 1 N–H and O–H groups in total. The summed E-state index contributed by atoms with van der Waals surface area (Å²) >= 11 is 6.41. The second-order valence-electron chi connectivity index (χ2n) is 5.15. The summed E-state index contributed by atoms with van der Waals surface area (Å²) in [7, 11) is 1.95. The van der Waals surface area contributed by atoms with Crippen LogP contribution in [-0.4, -0.2) is 26.1 Å².